The molecule has 2 aliphatic rings. The number of ether oxygens (including phenoxy) is 2. The van der Waals surface area contributed by atoms with E-state index in [1.54, 1.807) is 17.8 Å². The smallest absolute Gasteiger partial charge is 0.346 e. The number of likely N-dealkylation sites (tertiary alicyclic amines) is 1. The molecular formula is C16H22FN3O4. The quantitative estimate of drug-likeness (QED) is 0.730. The molecule has 2 saturated heterocycles. The zero-order valence-electron chi connectivity index (χ0n) is 14.0. The van der Waals surface area contributed by atoms with Gasteiger partial charge in [-0.15, -0.1) is 0 Å². The van der Waals surface area contributed by atoms with Crippen LogP contribution in [0, 0.1) is 5.41 Å². The summed E-state index contributed by atoms with van der Waals surface area (Å²) in [5.74, 6) is -1.06. The highest BCUT2D eigenvalue weighted by Gasteiger charge is 2.68. The molecule has 2 aliphatic heterocycles. The van der Waals surface area contributed by atoms with Gasteiger partial charge in [-0.1, -0.05) is 0 Å². The maximum absolute atomic E-state index is 15.4. The summed E-state index contributed by atoms with van der Waals surface area (Å²) in [4.78, 5) is 26.0. The summed E-state index contributed by atoms with van der Waals surface area (Å²) in [5, 5.41) is 4.06. The number of rotatable bonds is 5. The van der Waals surface area contributed by atoms with E-state index >= 15 is 4.39 Å². The number of alkyl halides is 1. The summed E-state index contributed by atoms with van der Waals surface area (Å²) in [5.41, 5.74) is -2.21. The number of hydrogen-bond acceptors (Lipinski definition) is 5. The van der Waals surface area contributed by atoms with Crippen LogP contribution in [0.1, 0.15) is 18.9 Å². The number of amides is 1. The maximum atomic E-state index is 15.4. The molecule has 0 radical (unpaired) electrons. The Hall–Kier alpha value is -1.96. The number of halogens is 1. The molecule has 0 aliphatic carbocycles. The number of esters is 1. The lowest BCUT2D eigenvalue weighted by molar-refractivity contribution is -0.196. The van der Waals surface area contributed by atoms with Crippen LogP contribution in [0.2, 0.25) is 0 Å². The van der Waals surface area contributed by atoms with E-state index in [9.17, 15) is 9.59 Å². The highest BCUT2D eigenvalue weighted by Crippen LogP contribution is 2.48. The van der Waals surface area contributed by atoms with Crippen LogP contribution in [-0.2, 0) is 32.5 Å². The van der Waals surface area contributed by atoms with Crippen LogP contribution in [0.5, 0.6) is 0 Å². The van der Waals surface area contributed by atoms with Crippen molar-refractivity contribution in [2.75, 3.05) is 32.9 Å². The predicted octanol–water partition coefficient (Wildman–Crippen LogP) is 0.483. The molecule has 1 atom stereocenters. The first-order valence-electron chi connectivity index (χ1n) is 8.09. The number of hydrogen-bond donors (Lipinski definition) is 0. The van der Waals surface area contributed by atoms with Crippen LogP contribution in [0.3, 0.4) is 0 Å². The minimum atomic E-state index is -2.19. The molecule has 132 valence electrons. The molecular weight excluding hydrogens is 317 g/mol. The molecule has 2 fully saturated rings. The summed E-state index contributed by atoms with van der Waals surface area (Å²) < 4.78 is 27.1. The zero-order valence-corrected chi connectivity index (χ0v) is 14.0. The fourth-order valence-corrected chi connectivity index (χ4v) is 3.36. The van der Waals surface area contributed by atoms with Crippen molar-refractivity contribution in [3.05, 3.63) is 18.0 Å². The Balaban J connectivity index is 1.67. The first-order chi connectivity index (χ1) is 11.4. The largest absolute Gasteiger partial charge is 0.464 e. The van der Waals surface area contributed by atoms with E-state index in [-0.39, 0.29) is 45.2 Å². The highest BCUT2D eigenvalue weighted by molar-refractivity contribution is 5.85. The molecule has 0 aromatic carbocycles. The lowest BCUT2D eigenvalue weighted by Crippen LogP contribution is -2.61. The van der Waals surface area contributed by atoms with Crippen LogP contribution >= 0.6 is 0 Å². The Morgan fingerprint density at radius 1 is 1.42 bits per heavy atom. The summed E-state index contributed by atoms with van der Waals surface area (Å²) in [6.07, 6.45) is 4.33. The topological polar surface area (TPSA) is 73.7 Å². The first kappa shape index (κ1) is 16.9. The minimum Gasteiger partial charge on any atom is -0.464 e. The second-order valence-corrected chi connectivity index (χ2v) is 6.57. The number of carbonyl (C=O) groups is 2. The summed E-state index contributed by atoms with van der Waals surface area (Å²) in [6.45, 7) is 1.94. The summed E-state index contributed by atoms with van der Waals surface area (Å²) in [7, 11) is 1.81. The molecule has 0 unspecified atom stereocenters. The Kier molecular flexibility index (Phi) is 4.33. The van der Waals surface area contributed by atoms with Gasteiger partial charge in [0.1, 0.15) is 0 Å². The fourth-order valence-electron chi connectivity index (χ4n) is 3.36. The third-order valence-electron chi connectivity index (χ3n) is 4.84. The molecule has 1 aromatic heterocycles. The van der Waals surface area contributed by atoms with Gasteiger partial charge in [-0.25, -0.2) is 9.18 Å². The van der Waals surface area contributed by atoms with Gasteiger partial charge in [0.05, 0.1) is 38.0 Å². The monoisotopic (exact) mass is 339 g/mol. The Bertz CT molecular complexity index is 643. The molecule has 1 spiro atoms. The van der Waals surface area contributed by atoms with Crippen LogP contribution < -0.4 is 0 Å². The lowest BCUT2D eigenvalue weighted by Gasteiger charge is -2.43. The average molecular weight is 339 g/mol. The van der Waals surface area contributed by atoms with E-state index < -0.39 is 17.1 Å². The van der Waals surface area contributed by atoms with Crippen LogP contribution in [0.15, 0.2) is 12.4 Å². The van der Waals surface area contributed by atoms with Gasteiger partial charge in [-0.2, -0.15) is 5.10 Å². The summed E-state index contributed by atoms with van der Waals surface area (Å²) >= 11 is 0. The van der Waals surface area contributed by atoms with E-state index in [4.69, 9.17) is 9.47 Å². The second-order valence-electron chi connectivity index (χ2n) is 6.57. The molecule has 0 N–H and O–H groups in total. The van der Waals surface area contributed by atoms with E-state index in [0.717, 1.165) is 5.56 Å². The van der Waals surface area contributed by atoms with Crippen molar-refractivity contribution in [2.45, 2.75) is 25.4 Å². The zero-order chi connectivity index (χ0) is 17.4. The third kappa shape index (κ3) is 2.68. The Morgan fingerprint density at radius 2 is 2.17 bits per heavy atom. The number of nitrogens with zero attached hydrogens (tertiary/aromatic N) is 3. The van der Waals surface area contributed by atoms with Crippen LogP contribution in [0.25, 0.3) is 0 Å². The molecule has 3 rings (SSSR count). The standard InChI is InChI=1S/C16H22FN3O4/c1-3-24-14(22)16(17)9-20(8-15(16)10-23-11-15)13(21)5-4-12-6-18-19(2)7-12/h6-7H,3-5,8-11H2,1-2H3/t16-/m1/s1. The Labute approximate surface area is 139 Å². The molecule has 3 heterocycles. The number of aromatic nitrogens is 2. The second kappa shape index (κ2) is 6.16. The van der Waals surface area contributed by atoms with E-state index in [2.05, 4.69) is 5.10 Å². The molecule has 0 bridgehead atoms. The molecule has 0 saturated carbocycles. The van der Waals surface area contributed by atoms with Gasteiger partial charge in [0.25, 0.3) is 0 Å². The van der Waals surface area contributed by atoms with E-state index in [0.29, 0.717) is 6.42 Å². The van der Waals surface area contributed by atoms with Gasteiger partial charge in [0.15, 0.2) is 0 Å². The van der Waals surface area contributed by atoms with Crippen molar-refractivity contribution in [1.29, 1.82) is 0 Å². The molecule has 1 aromatic rings. The average Bonchev–Trinajstić information content (AvgIpc) is 3.06. The van der Waals surface area contributed by atoms with E-state index in [1.165, 1.54) is 4.90 Å². The minimum absolute atomic E-state index is 0.108. The Morgan fingerprint density at radius 3 is 2.71 bits per heavy atom. The highest BCUT2D eigenvalue weighted by atomic mass is 19.1. The molecule has 7 nitrogen and oxygen atoms in total. The van der Waals surface area contributed by atoms with Crippen molar-refractivity contribution in [3.63, 3.8) is 0 Å². The normalized spacial score (nSPS) is 24.9. The third-order valence-corrected chi connectivity index (χ3v) is 4.84. The van der Waals surface area contributed by atoms with Gasteiger partial charge < -0.3 is 14.4 Å². The van der Waals surface area contributed by atoms with Crippen molar-refractivity contribution in [2.24, 2.45) is 12.5 Å². The van der Waals surface area contributed by atoms with Crippen LogP contribution in [-0.4, -0.2) is 65.1 Å². The molecule has 1 amide bonds. The van der Waals surface area contributed by atoms with E-state index in [1.807, 2.05) is 13.2 Å². The lowest BCUT2D eigenvalue weighted by atomic mass is 9.74. The first-order valence-corrected chi connectivity index (χ1v) is 8.09. The van der Waals surface area contributed by atoms with Crippen molar-refractivity contribution in [3.8, 4) is 0 Å². The van der Waals surface area contributed by atoms with Gasteiger partial charge in [-0.3, -0.25) is 9.48 Å². The van der Waals surface area contributed by atoms with Crippen molar-refractivity contribution < 1.29 is 23.5 Å². The van der Waals surface area contributed by atoms with Gasteiger partial charge in [-0.05, 0) is 18.9 Å². The molecule has 8 heteroatoms. The number of aryl methyl sites for hydroxylation is 2. The summed E-state index contributed by atoms with van der Waals surface area (Å²) in [6, 6.07) is 0. The van der Waals surface area contributed by atoms with Crippen molar-refractivity contribution >= 4 is 11.9 Å². The SMILES string of the molecule is CCOC(=O)[C@]1(F)CN(C(=O)CCc2cnn(C)c2)CC12COC2. The van der Waals surface area contributed by atoms with Gasteiger partial charge in [0, 0.05) is 26.2 Å². The molecule has 24 heavy (non-hydrogen) atoms. The predicted molar refractivity (Wildman–Crippen MR) is 81.8 cm³/mol. The van der Waals surface area contributed by atoms with Gasteiger partial charge >= 0.3 is 5.97 Å². The van der Waals surface area contributed by atoms with Gasteiger partial charge in [0.2, 0.25) is 11.6 Å². The van der Waals surface area contributed by atoms with Crippen LogP contribution in [0.4, 0.5) is 4.39 Å². The number of carbonyl (C=O) groups excluding carboxylic acids is 2. The fraction of sp³-hybridized carbons (Fsp3) is 0.688. The maximum Gasteiger partial charge on any atom is 0.346 e. The van der Waals surface area contributed by atoms with Crippen molar-refractivity contribution in [1.82, 2.24) is 14.7 Å².